The summed E-state index contributed by atoms with van der Waals surface area (Å²) in [6.07, 6.45) is 0.457. The van der Waals surface area contributed by atoms with E-state index in [2.05, 4.69) is 10.6 Å². The van der Waals surface area contributed by atoms with E-state index in [1.807, 2.05) is 0 Å². The van der Waals surface area contributed by atoms with Crippen molar-refractivity contribution < 1.29 is 19.1 Å². The molecule has 0 radical (unpaired) electrons. The summed E-state index contributed by atoms with van der Waals surface area (Å²) < 4.78 is 4.70. The third kappa shape index (κ3) is 4.03. The molecule has 0 spiro atoms. The predicted molar refractivity (Wildman–Crippen MR) is 98.1 cm³/mol. The summed E-state index contributed by atoms with van der Waals surface area (Å²) in [5.41, 5.74) is 1.22. The van der Waals surface area contributed by atoms with Gasteiger partial charge in [0, 0.05) is 10.7 Å². The Labute approximate surface area is 155 Å². The molecule has 6 nitrogen and oxygen atoms in total. The molecule has 2 aromatic rings. The number of halogens is 1. The number of para-hydroxylation sites is 1. The fourth-order valence-electron chi connectivity index (χ4n) is 2.68. The number of rotatable bonds is 5. The van der Waals surface area contributed by atoms with E-state index in [1.165, 1.54) is 7.11 Å². The van der Waals surface area contributed by atoms with Gasteiger partial charge in [-0.15, -0.1) is 0 Å². The molecule has 0 aromatic heterocycles. The molecule has 26 heavy (non-hydrogen) atoms. The van der Waals surface area contributed by atoms with Crippen LogP contribution in [0.3, 0.4) is 0 Å². The number of ether oxygens (including phenoxy) is 1. The van der Waals surface area contributed by atoms with E-state index < -0.39 is 17.8 Å². The van der Waals surface area contributed by atoms with Gasteiger partial charge < -0.3 is 15.4 Å². The van der Waals surface area contributed by atoms with Crippen LogP contribution in [0.5, 0.6) is 0 Å². The van der Waals surface area contributed by atoms with E-state index in [1.54, 1.807) is 48.5 Å². The largest absolute Gasteiger partial charge is 0.465 e. The Kier molecular flexibility index (Phi) is 5.23. The topological polar surface area (TPSA) is 84.5 Å². The predicted octanol–water partition coefficient (Wildman–Crippen LogP) is 3.34. The van der Waals surface area contributed by atoms with Crippen molar-refractivity contribution in [2.75, 3.05) is 17.7 Å². The summed E-state index contributed by atoms with van der Waals surface area (Å²) in [6, 6.07) is 13.4. The van der Waals surface area contributed by atoms with Gasteiger partial charge in [0.05, 0.1) is 30.2 Å². The van der Waals surface area contributed by atoms with Gasteiger partial charge in [0.1, 0.15) is 0 Å². The van der Waals surface area contributed by atoms with Gasteiger partial charge in [-0.3, -0.25) is 9.59 Å². The first kappa shape index (κ1) is 17.9. The second kappa shape index (κ2) is 7.58. The SMILES string of the molecule is COC(=O)c1ccccc1NC(=O)C1CC1C(=O)Nc1cccc(Cl)c1. The molecule has 134 valence electrons. The van der Waals surface area contributed by atoms with Crippen molar-refractivity contribution in [1.29, 1.82) is 0 Å². The fourth-order valence-corrected chi connectivity index (χ4v) is 2.87. The summed E-state index contributed by atoms with van der Waals surface area (Å²) >= 11 is 5.89. The molecule has 2 amide bonds. The molecule has 2 N–H and O–H groups in total. The van der Waals surface area contributed by atoms with Gasteiger partial charge in [0.2, 0.25) is 11.8 Å². The number of methoxy groups -OCH3 is 1. The van der Waals surface area contributed by atoms with Gasteiger partial charge in [-0.2, -0.15) is 0 Å². The minimum atomic E-state index is -0.535. The van der Waals surface area contributed by atoms with Crippen LogP contribution in [0, 0.1) is 11.8 Å². The minimum absolute atomic E-state index is 0.228. The average Bonchev–Trinajstić information content (AvgIpc) is 3.42. The third-order valence-electron chi connectivity index (χ3n) is 4.15. The van der Waals surface area contributed by atoms with Gasteiger partial charge >= 0.3 is 5.97 Å². The number of hydrogen-bond donors (Lipinski definition) is 2. The molecule has 1 saturated carbocycles. The summed E-state index contributed by atoms with van der Waals surface area (Å²) in [5.74, 6) is -1.90. The summed E-state index contributed by atoms with van der Waals surface area (Å²) in [4.78, 5) is 36.4. The molecule has 0 saturated heterocycles. The highest BCUT2D eigenvalue weighted by molar-refractivity contribution is 6.30. The van der Waals surface area contributed by atoms with Crippen LogP contribution in [-0.2, 0) is 14.3 Å². The maximum absolute atomic E-state index is 12.4. The zero-order valence-corrected chi connectivity index (χ0v) is 14.7. The monoisotopic (exact) mass is 372 g/mol. The van der Waals surface area contributed by atoms with Crippen molar-refractivity contribution in [3.8, 4) is 0 Å². The van der Waals surface area contributed by atoms with Gasteiger partial charge in [-0.05, 0) is 36.8 Å². The molecule has 0 heterocycles. The quantitative estimate of drug-likeness (QED) is 0.788. The Balaban J connectivity index is 1.61. The molecular weight excluding hydrogens is 356 g/mol. The third-order valence-corrected chi connectivity index (χ3v) is 4.38. The van der Waals surface area contributed by atoms with Crippen LogP contribution < -0.4 is 10.6 Å². The lowest BCUT2D eigenvalue weighted by molar-refractivity contribution is -0.122. The van der Waals surface area contributed by atoms with Crippen LogP contribution in [0.4, 0.5) is 11.4 Å². The Morgan fingerprint density at radius 1 is 1.00 bits per heavy atom. The Bertz CT molecular complexity index is 868. The first-order valence-corrected chi connectivity index (χ1v) is 8.42. The highest BCUT2D eigenvalue weighted by Gasteiger charge is 2.48. The van der Waals surface area contributed by atoms with E-state index in [4.69, 9.17) is 16.3 Å². The van der Waals surface area contributed by atoms with Crippen LogP contribution in [0.15, 0.2) is 48.5 Å². The lowest BCUT2D eigenvalue weighted by Crippen LogP contribution is -2.21. The lowest BCUT2D eigenvalue weighted by atomic mass is 10.1. The van der Waals surface area contributed by atoms with E-state index in [9.17, 15) is 14.4 Å². The van der Waals surface area contributed by atoms with Gasteiger partial charge in [-0.1, -0.05) is 29.8 Å². The van der Waals surface area contributed by atoms with E-state index in [0.29, 0.717) is 22.8 Å². The van der Waals surface area contributed by atoms with E-state index in [0.717, 1.165) is 0 Å². The Hall–Kier alpha value is -2.86. The Morgan fingerprint density at radius 3 is 2.38 bits per heavy atom. The number of hydrogen-bond acceptors (Lipinski definition) is 4. The van der Waals surface area contributed by atoms with E-state index in [-0.39, 0.29) is 17.4 Å². The second-order valence-corrected chi connectivity index (χ2v) is 6.41. The maximum atomic E-state index is 12.4. The van der Waals surface area contributed by atoms with Crippen LogP contribution in [0.25, 0.3) is 0 Å². The smallest absolute Gasteiger partial charge is 0.339 e. The van der Waals surface area contributed by atoms with Crippen LogP contribution >= 0.6 is 11.6 Å². The lowest BCUT2D eigenvalue weighted by Gasteiger charge is -2.09. The van der Waals surface area contributed by atoms with Crippen molar-refractivity contribution >= 4 is 40.8 Å². The molecule has 7 heteroatoms. The molecule has 0 bridgehead atoms. The van der Waals surface area contributed by atoms with Crippen molar-refractivity contribution in [3.63, 3.8) is 0 Å². The molecule has 1 aliphatic rings. The number of anilines is 2. The van der Waals surface area contributed by atoms with Gasteiger partial charge in [0.25, 0.3) is 0 Å². The van der Waals surface area contributed by atoms with Gasteiger partial charge in [0.15, 0.2) is 0 Å². The van der Waals surface area contributed by atoms with Crippen molar-refractivity contribution in [2.45, 2.75) is 6.42 Å². The first-order chi connectivity index (χ1) is 12.5. The molecule has 0 aliphatic heterocycles. The van der Waals surface area contributed by atoms with Crippen molar-refractivity contribution in [2.24, 2.45) is 11.8 Å². The highest BCUT2D eigenvalue weighted by Crippen LogP contribution is 2.40. The maximum Gasteiger partial charge on any atom is 0.339 e. The fraction of sp³-hybridized carbons (Fsp3) is 0.211. The van der Waals surface area contributed by atoms with Crippen LogP contribution in [0.2, 0.25) is 5.02 Å². The highest BCUT2D eigenvalue weighted by atomic mass is 35.5. The minimum Gasteiger partial charge on any atom is -0.465 e. The summed E-state index contributed by atoms with van der Waals surface area (Å²) in [6.45, 7) is 0. The number of carbonyl (C=O) groups is 3. The molecule has 1 fully saturated rings. The zero-order chi connectivity index (χ0) is 18.7. The molecule has 1 aliphatic carbocycles. The summed E-state index contributed by atoms with van der Waals surface area (Å²) in [7, 11) is 1.28. The van der Waals surface area contributed by atoms with Gasteiger partial charge in [-0.25, -0.2) is 4.79 Å². The van der Waals surface area contributed by atoms with Crippen LogP contribution in [0.1, 0.15) is 16.8 Å². The number of amides is 2. The van der Waals surface area contributed by atoms with Crippen molar-refractivity contribution in [3.05, 3.63) is 59.1 Å². The molecule has 2 atom stereocenters. The zero-order valence-electron chi connectivity index (χ0n) is 14.0. The molecule has 3 rings (SSSR count). The Morgan fingerprint density at radius 2 is 1.69 bits per heavy atom. The number of benzene rings is 2. The average molecular weight is 373 g/mol. The summed E-state index contributed by atoms with van der Waals surface area (Å²) in [5, 5.41) is 5.98. The molecule has 2 unspecified atom stereocenters. The second-order valence-electron chi connectivity index (χ2n) is 5.97. The van der Waals surface area contributed by atoms with E-state index >= 15 is 0 Å². The standard InChI is InChI=1S/C19H17ClN2O4/c1-26-19(25)13-7-2-3-8-16(13)22-18(24)15-10-14(15)17(23)21-12-6-4-5-11(20)9-12/h2-9,14-15H,10H2,1H3,(H,21,23)(H,22,24). The molecule has 2 aromatic carbocycles. The first-order valence-electron chi connectivity index (χ1n) is 8.04. The van der Waals surface area contributed by atoms with Crippen molar-refractivity contribution in [1.82, 2.24) is 0 Å². The molecular formula is C19H17ClN2O4. The van der Waals surface area contributed by atoms with Crippen LogP contribution in [-0.4, -0.2) is 24.9 Å². The number of nitrogens with one attached hydrogen (secondary N) is 2. The normalized spacial score (nSPS) is 17.9. The number of carbonyl (C=O) groups excluding carboxylic acids is 3. The number of esters is 1.